The minimum Gasteiger partial charge on any atom is -0.355 e. The second-order valence-corrected chi connectivity index (χ2v) is 5.81. The van der Waals surface area contributed by atoms with Crippen molar-refractivity contribution in [2.45, 2.75) is 52.5 Å². The summed E-state index contributed by atoms with van der Waals surface area (Å²) in [5.41, 5.74) is 9.20. The molecule has 0 saturated heterocycles. The van der Waals surface area contributed by atoms with Gasteiger partial charge in [0.15, 0.2) is 10.2 Å². The second-order valence-electron chi connectivity index (χ2n) is 5.02. The van der Waals surface area contributed by atoms with Crippen molar-refractivity contribution in [2.24, 2.45) is 5.92 Å². The lowest BCUT2D eigenvalue weighted by Gasteiger charge is -2.27. The van der Waals surface area contributed by atoms with Crippen LogP contribution in [0.5, 0.6) is 0 Å². The fourth-order valence-corrected chi connectivity index (χ4v) is 2.33. The predicted octanol–water partition coefficient (Wildman–Crippen LogP) is 1.91. The molecule has 0 spiro atoms. The van der Waals surface area contributed by atoms with Crippen molar-refractivity contribution >= 4 is 34.7 Å². The van der Waals surface area contributed by atoms with Gasteiger partial charge in [-0.15, -0.1) is 0 Å². The average Bonchev–Trinajstić information content (AvgIpc) is 2.39. The van der Waals surface area contributed by atoms with Gasteiger partial charge in [-0.3, -0.25) is 5.43 Å². The Balaban J connectivity index is 4.10. The van der Waals surface area contributed by atoms with E-state index >= 15 is 0 Å². The third kappa shape index (κ3) is 7.94. The minimum absolute atomic E-state index is 0.436. The predicted molar refractivity (Wildman–Crippen MR) is 94.2 cm³/mol. The van der Waals surface area contributed by atoms with Gasteiger partial charge in [-0.05, 0) is 36.8 Å². The Morgan fingerprint density at radius 2 is 1.70 bits per heavy atom. The maximum atomic E-state index is 5.15. The Kier molecular flexibility index (Phi) is 10.9. The third-order valence-corrected chi connectivity index (χ3v) is 3.95. The lowest BCUT2D eigenvalue weighted by Crippen LogP contribution is -2.56. The SMILES string of the molecule is CCCC(NNNC(=S)NC(=S)N(C)C)C(CC)CC. The van der Waals surface area contributed by atoms with Crippen LogP contribution in [0.25, 0.3) is 0 Å². The van der Waals surface area contributed by atoms with Crippen LogP contribution >= 0.6 is 24.4 Å². The van der Waals surface area contributed by atoms with Crippen molar-refractivity contribution in [3.8, 4) is 0 Å². The van der Waals surface area contributed by atoms with Gasteiger partial charge < -0.3 is 10.2 Å². The Morgan fingerprint density at radius 1 is 1.10 bits per heavy atom. The summed E-state index contributed by atoms with van der Waals surface area (Å²) in [6.07, 6.45) is 4.63. The molecular formula is C13H29N5S2. The highest BCUT2D eigenvalue weighted by molar-refractivity contribution is 7.81. The van der Waals surface area contributed by atoms with Crippen LogP contribution in [0.1, 0.15) is 46.5 Å². The zero-order valence-electron chi connectivity index (χ0n) is 13.2. The van der Waals surface area contributed by atoms with E-state index in [-0.39, 0.29) is 0 Å². The van der Waals surface area contributed by atoms with Crippen molar-refractivity contribution in [2.75, 3.05) is 14.1 Å². The van der Waals surface area contributed by atoms with Crippen LogP contribution in [-0.2, 0) is 0 Å². The number of rotatable bonds is 8. The van der Waals surface area contributed by atoms with E-state index < -0.39 is 0 Å². The molecule has 0 aromatic heterocycles. The molecule has 0 fully saturated rings. The Labute approximate surface area is 134 Å². The van der Waals surface area contributed by atoms with Gasteiger partial charge in [0.2, 0.25) is 0 Å². The number of hydrogen-bond acceptors (Lipinski definition) is 4. The summed E-state index contributed by atoms with van der Waals surface area (Å²) in [5, 5.41) is 3.95. The molecule has 4 N–H and O–H groups in total. The number of nitrogens with one attached hydrogen (secondary N) is 4. The van der Waals surface area contributed by atoms with Crippen LogP contribution in [0, 0.1) is 5.92 Å². The summed E-state index contributed by atoms with van der Waals surface area (Å²) >= 11 is 10.3. The molecule has 0 bridgehead atoms. The van der Waals surface area contributed by atoms with Gasteiger partial charge >= 0.3 is 0 Å². The molecule has 0 aliphatic rings. The van der Waals surface area contributed by atoms with Crippen LogP contribution in [0.3, 0.4) is 0 Å². The van der Waals surface area contributed by atoms with Gasteiger partial charge in [0, 0.05) is 20.1 Å². The molecule has 0 aromatic carbocycles. The zero-order valence-corrected chi connectivity index (χ0v) is 14.9. The van der Waals surface area contributed by atoms with Crippen molar-refractivity contribution in [3.05, 3.63) is 0 Å². The first-order valence-electron chi connectivity index (χ1n) is 7.24. The topological polar surface area (TPSA) is 51.4 Å². The molecule has 0 aromatic rings. The van der Waals surface area contributed by atoms with E-state index in [0.717, 1.165) is 12.8 Å². The van der Waals surface area contributed by atoms with Crippen LogP contribution < -0.4 is 21.7 Å². The second kappa shape index (κ2) is 11.2. The number of thiocarbonyl (C=S) groups is 2. The summed E-state index contributed by atoms with van der Waals surface area (Å²) in [7, 11) is 3.74. The van der Waals surface area contributed by atoms with Crippen LogP contribution in [0.4, 0.5) is 0 Å². The van der Waals surface area contributed by atoms with E-state index in [0.29, 0.717) is 22.2 Å². The van der Waals surface area contributed by atoms with Crippen molar-refractivity contribution in [1.29, 1.82) is 0 Å². The number of nitrogens with zero attached hydrogens (tertiary/aromatic N) is 1. The first kappa shape index (κ1) is 19.5. The van der Waals surface area contributed by atoms with Crippen LogP contribution in [0.2, 0.25) is 0 Å². The lowest BCUT2D eigenvalue weighted by atomic mass is 9.92. The fourth-order valence-electron chi connectivity index (χ4n) is 2.02. The van der Waals surface area contributed by atoms with Crippen molar-refractivity contribution in [3.63, 3.8) is 0 Å². The first-order valence-corrected chi connectivity index (χ1v) is 8.06. The zero-order chi connectivity index (χ0) is 15.5. The van der Waals surface area contributed by atoms with Crippen molar-refractivity contribution in [1.82, 2.24) is 26.6 Å². The summed E-state index contributed by atoms with van der Waals surface area (Å²) in [5.74, 6) is 0.661. The first-order chi connectivity index (χ1) is 9.46. The highest BCUT2D eigenvalue weighted by Crippen LogP contribution is 2.16. The van der Waals surface area contributed by atoms with Gasteiger partial charge in [-0.1, -0.05) is 40.0 Å². The smallest absolute Gasteiger partial charge is 0.188 e. The van der Waals surface area contributed by atoms with Crippen LogP contribution in [0.15, 0.2) is 0 Å². The normalized spacial score (nSPS) is 12.1. The molecule has 0 amide bonds. The molecule has 0 rings (SSSR count). The van der Waals surface area contributed by atoms with Gasteiger partial charge in [0.1, 0.15) is 0 Å². The highest BCUT2D eigenvalue weighted by atomic mass is 32.1. The third-order valence-electron chi connectivity index (χ3n) is 3.28. The molecular weight excluding hydrogens is 290 g/mol. The summed E-state index contributed by atoms with van der Waals surface area (Å²) in [6.45, 7) is 6.66. The molecule has 5 nitrogen and oxygen atoms in total. The maximum absolute atomic E-state index is 5.15. The molecule has 7 heteroatoms. The average molecular weight is 320 g/mol. The Hall–Kier alpha value is -0.500. The van der Waals surface area contributed by atoms with Crippen molar-refractivity contribution < 1.29 is 0 Å². The molecule has 1 atom stereocenters. The fraction of sp³-hybridized carbons (Fsp3) is 0.846. The summed E-state index contributed by atoms with van der Waals surface area (Å²) < 4.78 is 0. The van der Waals surface area contributed by atoms with E-state index in [9.17, 15) is 0 Å². The number of hydrazine groups is 2. The van der Waals surface area contributed by atoms with E-state index in [2.05, 4.69) is 42.5 Å². The minimum atomic E-state index is 0.436. The number of hydrogen-bond donors (Lipinski definition) is 4. The highest BCUT2D eigenvalue weighted by Gasteiger charge is 2.16. The summed E-state index contributed by atoms with van der Waals surface area (Å²) in [6, 6.07) is 0.436. The molecule has 118 valence electrons. The van der Waals surface area contributed by atoms with Gasteiger partial charge in [0.05, 0.1) is 0 Å². The van der Waals surface area contributed by atoms with Gasteiger partial charge in [0.25, 0.3) is 0 Å². The monoisotopic (exact) mass is 319 g/mol. The molecule has 0 heterocycles. The van der Waals surface area contributed by atoms with E-state index in [4.69, 9.17) is 24.4 Å². The molecule has 20 heavy (non-hydrogen) atoms. The molecule has 0 aliphatic carbocycles. The summed E-state index contributed by atoms with van der Waals surface area (Å²) in [4.78, 5) is 1.79. The maximum Gasteiger partial charge on any atom is 0.188 e. The largest absolute Gasteiger partial charge is 0.355 e. The molecule has 1 unspecified atom stereocenters. The van der Waals surface area contributed by atoms with E-state index in [1.165, 1.54) is 12.8 Å². The lowest BCUT2D eigenvalue weighted by molar-refractivity contribution is 0.276. The van der Waals surface area contributed by atoms with Gasteiger partial charge in [-0.25, -0.2) is 5.43 Å². The quantitative estimate of drug-likeness (QED) is 0.403. The standard InChI is InChI=1S/C13H29N5S2/c1-6-9-11(10(7-2)8-3)15-17-16-12(19)14-13(20)18(4)5/h10-11,15,17H,6-9H2,1-5H3,(H2,14,16,19,20). The Morgan fingerprint density at radius 3 is 2.15 bits per heavy atom. The van der Waals surface area contributed by atoms with Gasteiger partial charge in [-0.2, -0.15) is 5.53 Å². The van der Waals surface area contributed by atoms with E-state index in [1.807, 2.05) is 14.1 Å². The van der Waals surface area contributed by atoms with Crippen LogP contribution in [-0.4, -0.2) is 35.3 Å². The molecule has 0 saturated carbocycles. The molecule has 0 aliphatic heterocycles. The van der Waals surface area contributed by atoms with E-state index in [1.54, 1.807) is 4.90 Å². The Bertz CT molecular complexity index is 292. The molecule has 0 radical (unpaired) electrons.